The summed E-state index contributed by atoms with van der Waals surface area (Å²) in [6.45, 7) is 15.1. The van der Waals surface area contributed by atoms with Crippen molar-refractivity contribution < 1.29 is 8.78 Å². The van der Waals surface area contributed by atoms with Crippen molar-refractivity contribution in [2.45, 2.75) is 59.3 Å². The van der Waals surface area contributed by atoms with E-state index in [0.717, 1.165) is 11.8 Å². The van der Waals surface area contributed by atoms with E-state index in [1.165, 1.54) is 28.8 Å². The molecule has 28 heavy (non-hydrogen) atoms. The van der Waals surface area contributed by atoms with Crippen molar-refractivity contribution in [3.8, 4) is 17.1 Å². The van der Waals surface area contributed by atoms with E-state index in [9.17, 15) is 8.78 Å². The second kappa shape index (κ2) is 6.84. The maximum Gasteiger partial charge on any atom is 0.147 e. The summed E-state index contributed by atoms with van der Waals surface area (Å²) in [6.07, 6.45) is 3.52. The SMILES string of the molecule is Cc1cc(C(C)(C)C)c(-n2ccnc2-c2ccc(F)cc2F)c(C(C)(C)C)c1. The first-order chi connectivity index (χ1) is 12.9. The number of nitrogens with zero attached hydrogens (tertiary/aromatic N) is 2. The molecule has 0 N–H and O–H groups in total. The summed E-state index contributed by atoms with van der Waals surface area (Å²) < 4.78 is 29.9. The quantitative estimate of drug-likeness (QED) is 0.481. The molecule has 148 valence electrons. The van der Waals surface area contributed by atoms with Crippen LogP contribution in [0.1, 0.15) is 58.2 Å². The zero-order valence-electron chi connectivity index (χ0n) is 17.7. The van der Waals surface area contributed by atoms with Gasteiger partial charge in [-0.05, 0) is 41.0 Å². The Balaban J connectivity index is 2.39. The smallest absolute Gasteiger partial charge is 0.147 e. The minimum absolute atomic E-state index is 0.121. The molecule has 1 aromatic heterocycles. The van der Waals surface area contributed by atoms with Crippen LogP contribution < -0.4 is 0 Å². The monoisotopic (exact) mass is 382 g/mol. The molecule has 3 rings (SSSR count). The zero-order chi connectivity index (χ0) is 20.9. The average Bonchev–Trinajstić information content (AvgIpc) is 3.01. The predicted octanol–water partition coefficient (Wildman–Crippen LogP) is 6.72. The Bertz CT molecular complexity index is 983. The molecular formula is C24H28F2N2. The summed E-state index contributed by atoms with van der Waals surface area (Å²) in [5.74, 6) is -0.744. The van der Waals surface area contributed by atoms with E-state index in [-0.39, 0.29) is 16.4 Å². The van der Waals surface area contributed by atoms with Gasteiger partial charge in [0.15, 0.2) is 0 Å². The highest BCUT2D eigenvalue weighted by Gasteiger charge is 2.28. The van der Waals surface area contributed by atoms with Gasteiger partial charge in [0.1, 0.15) is 17.5 Å². The topological polar surface area (TPSA) is 17.8 Å². The van der Waals surface area contributed by atoms with Crippen molar-refractivity contribution in [3.05, 3.63) is 71.1 Å². The Morgan fingerprint density at radius 3 is 1.93 bits per heavy atom. The van der Waals surface area contributed by atoms with Crippen LogP contribution in [0.4, 0.5) is 8.78 Å². The highest BCUT2D eigenvalue weighted by molar-refractivity contribution is 5.64. The van der Waals surface area contributed by atoms with Gasteiger partial charge in [-0.1, -0.05) is 59.2 Å². The van der Waals surface area contributed by atoms with Gasteiger partial charge in [0, 0.05) is 18.5 Å². The number of halogens is 2. The highest BCUT2D eigenvalue weighted by Crippen LogP contribution is 2.39. The van der Waals surface area contributed by atoms with Gasteiger partial charge >= 0.3 is 0 Å². The molecule has 0 atom stereocenters. The summed E-state index contributed by atoms with van der Waals surface area (Å²) in [5.41, 5.74) is 4.58. The van der Waals surface area contributed by atoms with Gasteiger partial charge in [0.05, 0.1) is 11.3 Å². The van der Waals surface area contributed by atoms with Gasteiger partial charge in [0.25, 0.3) is 0 Å². The molecule has 0 bridgehead atoms. The molecule has 2 nitrogen and oxygen atoms in total. The molecule has 0 fully saturated rings. The molecule has 0 aliphatic carbocycles. The van der Waals surface area contributed by atoms with Gasteiger partial charge in [-0.15, -0.1) is 0 Å². The fraction of sp³-hybridized carbons (Fsp3) is 0.375. The maximum atomic E-state index is 14.5. The third kappa shape index (κ3) is 3.73. The number of aryl methyl sites for hydroxylation is 1. The first kappa shape index (κ1) is 20.2. The van der Waals surface area contributed by atoms with Gasteiger partial charge < -0.3 is 0 Å². The molecule has 2 aromatic carbocycles. The number of rotatable bonds is 2. The molecule has 0 aliphatic rings. The van der Waals surface area contributed by atoms with E-state index < -0.39 is 11.6 Å². The van der Waals surface area contributed by atoms with Crippen molar-refractivity contribution in [1.29, 1.82) is 0 Å². The summed E-state index contributed by atoms with van der Waals surface area (Å²) >= 11 is 0. The minimum atomic E-state index is -0.617. The van der Waals surface area contributed by atoms with Crippen LogP contribution in [-0.4, -0.2) is 9.55 Å². The van der Waals surface area contributed by atoms with E-state index in [4.69, 9.17) is 0 Å². The summed E-state index contributed by atoms with van der Waals surface area (Å²) in [4.78, 5) is 4.42. The van der Waals surface area contributed by atoms with E-state index in [1.807, 2.05) is 10.8 Å². The van der Waals surface area contributed by atoms with Crippen LogP contribution in [0.2, 0.25) is 0 Å². The largest absolute Gasteiger partial charge is 0.299 e. The minimum Gasteiger partial charge on any atom is -0.299 e. The molecule has 0 radical (unpaired) electrons. The van der Waals surface area contributed by atoms with Crippen molar-refractivity contribution in [1.82, 2.24) is 9.55 Å². The summed E-state index contributed by atoms with van der Waals surface area (Å²) in [5, 5.41) is 0. The second-order valence-corrected chi connectivity index (χ2v) is 9.45. The fourth-order valence-electron chi connectivity index (χ4n) is 3.54. The Hall–Kier alpha value is -2.49. The third-order valence-corrected chi connectivity index (χ3v) is 4.92. The molecule has 0 aliphatic heterocycles. The Morgan fingerprint density at radius 1 is 0.857 bits per heavy atom. The number of aromatic nitrogens is 2. The van der Waals surface area contributed by atoms with Gasteiger partial charge in [0.2, 0.25) is 0 Å². The molecule has 0 unspecified atom stereocenters. The van der Waals surface area contributed by atoms with E-state index >= 15 is 0 Å². The van der Waals surface area contributed by atoms with Crippen molar-refractivity contribution in [3.63, 3.8) is 0 Å². The maximum absolute atomic E-state index is 14.5. The average molecular weight is 382 g/mol. The summed E-state index contributed by atoms with van der Waals surface area (Å²) in [6, 6.07) is 8.00. The first-order valence-corrected chi connectivity index (χ1v) is 9.54. The Labute approximate surface area is 166 Å². The van der Waals surface area contributed by atoms with E-state index in [2.05, 4.69) is 65.6 Å². The van der Waals surface area contributed by atoms with Crippen LogP contribution in [0.5, 0.6) is 0 Å². The standard InChI is InChI=1S/C24H28F2N2/c1-15-12-18(23(2,3)4)21(19(13-15)24(5,6)7)28-11-10-27-22(28)17-9-8-16(25)14-20(17)26/h8-14H,1-7H3. The van der Waals surface area contributed by atoms with Crippen molar-refractivity contribution >= 4 is 0 Å². The normalized spacial score (nSPS) is 12.5. The summed E-state index contributed by atoms with van der Waals surface area (Å²) in [7, 11) is 0. The Morgan fingerprint density at radius 2 is 1.43 bits per heavy atom. The van der Waals surface area contributed by atoms with E-state index in [1.54, 1.807) is 6.20 Å². The molecule has 0 amide bonds. The van der Waals surface area contributed by atoms with Crippen LogP contribution in [-0.2, 0) is 10.8 Å². The molecule has 0 saturated heterocycles. The number of hydrogen-bond donors (Lipinski definition) is 0. The molecular weight excluding hydrogens is 354 g/mol. The van der Waals surface area contributed by atoms with Crippen LogP contribution in [0.25, 0.3) is 17.1 Å². The molecule has 3 aromatic rings. The van der Waals surface area contributed by atoms with Gasteiger partial charge in [-0.2, -0.15) is 0 Å². The number of benzene rings is 2. The zero-order valence-corrected chi connectivity index (χ0v) is 17.7. The lowest BCUT2D eigenvalue weighted by molar-refractivity contribution is 0.561. The first-order valence-electron chi connectivity index (χ1n) is 9.54. The van der Waals surface area contributed by atoms with Crippen LogP contribution in [0, 0.1) is 18.6 Å². The Kier molecular flexibility index (Phi) is 4.95. The molecule has 0 spiro atoms. The van der Waals surface area contributed by atoms with Crippen molar-refractivity contribution in [2.24, 2.45) is 0 Å². The predicted molar refractivity (Wildman–Crippen MR) is 111 cm³/mol. The lowest BCUT2D eigenvalue weighted by Crippen LogP contribution is -2.22. The van der Waals surface area contributed by atoms with Crippen LogP contribution in [0.3, 0.4) is 0 Å². The van der Waals surface area contributed by atoms with Gasteiger partial charge in [-0.3, -0.25) is 4.57 Å². The van der Waals surface area contributed by atoms with Crippen LogP contribution in [0.15, 0.2) is 42.7 Å². The van der Waals surface area contributed by atoms with Crippen LogP contribution >= 0.6 is 0 Å². The second-order valence-electron chi connectivity index (χ2n) is 9.45. The third-order valence-electron chi connectivity index (χ3n) is 4.92. The lowest BCUT2D eigenvalue weighted by atomic mass is 9.77. The van der Waals surface area contributed by atoms with Gasteiger partial charge in [-0.25, -0.2) is 13.8 Å². The molecule has 4 heteroatoms. The number of imidazole rings is 1. The highest BCUT2D eigenvalue weighted by atomic mass is 19.1. The lowest BCUT2D eigenvalue weighted by Gasteiger charge is -2.31. The van der Waals surface area contributed by atoms with E-state index in [0.29, 0.717) is 5.82 Å². The molecule has 1 heterocycles. The fourth-order valence-corrected chi connectivity index (χ4v) is 3.54. The number of hydrogen-bond acceptors (Lipinski definition) is 1. The molecule has 0 saturated carbocycles. The van der Waals surface area contributed by atoms with Crippen molar-refractivity contribution in [2.75, 3.05) is 0 Å².